The molecule has 21 heavy (non-hydrogen) atoms. The van der Waals surface area contributed by atoms with Crippen LogP contribution in [0.5, 0.6) is 0 Å². The number of thiophene rings is 1. The Hall–Kier alpha value is -2.10. The first-order valence-corrected chi connectivity index (χ1v) is 6.35. The normalized spacial score (nSPS) is 11.0. The minimum atomic E-state index is -4.71. The lowest BCUT2D eigenvalue weighted by Crippen LogP contribution is -2.41. The van der Waals surface area contributed by atoms with E-state index in [2.05, 4.69) is 5.32 Å². The van der Waals surface area contributed by atoms with Crippen LogP contribution in [0.1, 0.15) is 16.6 Å². The molecule has 0 radical (unpaired) electrons. The Morgan fingerprint density at radius 3 is 2.43 bits per heavy atom. The number of carboxylic acid groups (broad SMARTS) is 1. The van der Waals surface area contributed by atoms with Crippen molar-refractivity contribution in [2.75, 3.05) is 18.4 Å². The Bertz CT molecular complexity index is 556. The Labute approximate surface area is 121 Å². The molecule has 0 aliphatic rings. The predicted octanol–water partition coefficient (Wildman–Crippen LogP) is 1.80. The van der Waals surface area contributed by atoms with E-state index in [4.69, 9.17) is 5.11 Å². The van der Waals surface area contributed by atoms with Gasteiger partial charge in [-0.25, -0.2) is 0 Å². The van der Waals surface area contributed by atoms with E-state index in [1.807, 2.05) is 0 Å². The molecule has 0 atom stereocenters. The lowest BCUT2D eigenvalue weighted by atomic mass is 10.3. The molecule has 0 aromatic carbocycles. The van der Waals surface area contributed by atoms with Crippen molar-refractivity contribution in [1.82, 2.24) is 4.90 Å². The fraction of sp³-hybridized carbons (Fsp3) is 0.364. The molecule has 1 aromatic heterocycles. The highest BCUT2D eigenvalue weighted by molar-refractivity contribution is 7.18. The number of amides is 2. The Morgan fingerprint density at radius 2 is 1.95 bits per heavy atom. The van der Waals surface area contributed by atoms with Crippen LogP contribution in [0.15, 0.2) is 12.1 Å². The summed E-state index contributed by atoms with van der Waals surface area (Å²) in [6.45, 7) is -1.49. The van der Waals surface area contributed by atoms with E-state index in [1.54, 1.807) is 0 Å². The minimum absolute atomic E-state index is 0.0933. The summed E-state index contributed by atoms with van der Waals surface area (Å²) < 4.78 is 37.1. The smallest absolute Gasteiger partial charge is 0.406 e. The second kappa shape index (κ2) is 6.57. The van der Waals surface area contributed by atoms with E-state index >= 15 is 0 Å². The summed E-state index contributed by atoms with van der Waals surface area (Å²) in [5.74, 6) is -3.00. The highest BCUT2D eigenvalue weighted by Gasteiger charge is 2.34. The van der Waals surface area contributed by atoms with Gasteiger partial charge in [0.1, 0.15) is 13.1 Å². The fourth-order valence-corrected chi connectivity index (χ4v) is 2.35. The number of carboxylic acids is 1. The molecule has 2 amide bonds. The van der Waals surface area contributed by atoms with E-state index in [0.717, 1.165) is 11.3 Å². The second-order valence-corrected chi connectivity index (χ2v) is 5.10. The van der Waals surface area contributed by atoms with Gasteiger partial charge in [0.15, 0.2) is 0 Å². The molecular weight excluding hydrogens is 313 g/mol. The summed E-state index contributed by atoms with van der Waals surface area (Å²) >= 11 is 0.767. The van der Waals surface area contributed by atoms with Gasteiger partial charge in [-0.2, -0.15) is 13.2 Å². The molecule has 0 aliphatic heterocycles. The molecule has 0 spiro atoms. The number of nitrogens with zero attached hydrogens (tertiary/aromatic N) is 1. The molecule has 0 saturated carbocycles. The highest BCUT2D eigenvalue weighted by Crippen LogP contribution is 2.25. The van der Waals surface area contributed by atoms with Gasteiger partial charge in [0.2, 0.25) is 5.91 Å². The molecule has 0 unspecified atom stereocenters. The van der Waals surface area contributed by atoms with Crippen LogP contribution in [-0.4, -0.2) is 47.1 Å². The summed E-state index contributed by atoms with van der Waals surface area (Å²) in [4.78, 5) is 33.4. The van der Waals surface area contributed by atoms with Crippen LogP contribution >= 0.6 is 11.3 Å². The maximum atomic E-state index is 12.4. The molecule has 6 nitrogen and oxygen atoms in total. The molecule has 0 fully saturated rings. The lowest BCUT2D eigenvalue weighted by Gasteiger charge is -2.21. The number of aliphatic carboxylic acids is 1. The van der Waals surface area contributed by atoms with Crippen molar-refractivity contribution in [2.24, 2.45) is 0 Å². The molecule has 1 rings (SSSR count). The average Bonchev–Trinajstić information content (AvgIpc) is 2.72. The number of carbonyl (C=O) groups excluding carboxylic acids is 2. The van der Waals surface area contributed by atoms with Gasteiger partial charge in [-0.3, -0.25) is 14.4 Å². The van der Waals surface area contributed by atoms with Crippen LogP contribution < -0.4 is 5.32 Å². The molecule has 0 aliphatic carbocycles. The Morgan fingerprint density at radius 1 is 1.33 bits per heavy atom. The number of anilines is 1. The van der Waals surface area contributed by atoms with Crippen LogP contribution in [0.2, 0.25) is 0 Å². The van der Waals surface area contributed by atoms with Crippen molar-refractivity contribution in [1.29, 1.82) is 0 Å². The number of alkyl halides is 3. The number of nitrogens with one attached hydrogen (secondary N) is 1. The van der Waals surface area contributed by atoms with Crippen molar-refractivity contribution in [2.45, 2.75) is 13.1 Å². The van der Waals surface area contributed by atoms with Crippen molar-refractivity contribution in [3.05, 3.63) is 17.0 Å². The van der Waals surface area contributed by atoms with Crippen LogP contribution in [-0.2, 0) is 9.59 Å². The first kappa shape index (κ1) is 17.0. The summed E-state index contributed by atoms with van der Waals surface area (Å²) in [6.07, 6.45) is -4.71. The van der Waals surface area contributed by atoms with Gasteiger partial charge < -0.3 is 15.3 Å². The van der Waals surface area contributed by atoms with Crippen molar-refractivity contribution in [3.63, 3.8) is 0 Å². The number of rotatable bonds is 5. The second-order valence-electron chi connectivity index (χ2n) is 4.02. The Balaban J connectivity index is 2.91. The van der Waals surface area contributed by atoms with Gasteiger partial charge in [-0.05, 0) is 12.1 Å². The maximum absolute atomic E-state index is 12.4. The quantitative estimate of drug-likeness (QED) is 0.864. The van der Waals surface area contributed by atoms with Gasteiger partial charge in [0, 0.05) is 6.92 Å². The van der Waals surface area contributed by atoms with Crippen LogP contribution in [0, 0.1) is 0 Å². The zero-order valence-corrected chi connectivity index (χ0v) is 11.5. The molecule has 1 heterocycles. The maximum Gasteiger partial charge on any atom is 0.406 e. The highest BCUT2D eigenvalue weighted by atomic mass is 32.1. The van der Waals surface area contributed by atoms with Gasteiger partial charge >= 0.3 is 12.1 Å². The van der Waals surface area contributed by atoms with Crippen LogP contribution in [0.4, 0.5) is 18.2 Å². The standard InChI is InChI=1S/C11H11F3N2O4S/c1-6(17)15-8-3-2-7(21-8)10(20)16(4-9(18)19)5-11(12,13)14/h2-3H,4-5H2,1H3,(H,15,17)(H,18,19). The van der Waals surface area contributed by atoms with Crippen LogP contribution in [0.25, 0.3) is 0 Å². The van der Waals surface area contributed by atoms with Gasteiger partial charge in [0.25, 0.3) is 5.91 Å². The van der Waals surface area contributed by atoms with Gasteiger partial charge in [0.05, 0.1) is 9.88 Å². The molecule has 0 saturated heterocycles. The predicted molar refractivity (Wildman–Crippen MR) is 68.2 cm³/mol. The van der Waals surface area contributed by atoms with Crippen molar-refractivity contribution in [3.8, 4) is 0 Å². The number of carbonyl (C=O) groups is 3. The molecule has 1 aromatic rings. The van der Waals surface area contributed by atoms with Crippen molar-refractivity contribution >= 4 is 34.1 Å². The van der Waals surface area contributed by atoms with Crippen LogP contribution in [0.3, 0.4) is 0 Å². The average molecular weight is 324 g/mol. The Kier molecular flexibility index (Phi) is 5.30. The topological polar surface area (TPSA) is 86.7 Å². The fourth-order valence-electron chi connectivity index (χ4n) is 1.43. The first-order chi connectivity index (χ1) is 9.58. The zero-order chi connectivity index (χ0) is 16.2. The van der Waals surface area contributed by atoms with Gasteiger partial charge in [-0.15, -0.1) is 11.3 Å². The van der Waals surface area contributed by atoms with E-state index in [-0.39, 0.29) is 14.8 Å². The number of hydrogen-bond donors (Lipinski definition) is 2. The number of halogens is 3. The number of hydrogen-bond acceptors (Lipinski definition) is 4. The molecule has 0 bridgehead atoms. The van der Waals surface area contributed by atoms with E-state index in [1.165, 1.54) is 19.1 Å². The van der Waals surface area contributed by atoms with E-state index in [9.17, 15) is 27.6 Å². The summed E-state index contributed by atoms with van der Waals surface area (Å²) in [5, 5.41) is 11.2. The molecule has 116 valence electrons. The summed E-state index contributed by atoms with van der Waals surface area (Å²) in [7, 11) is 0. The SMILES string of the molecule is CC(=O)Nc1ccc(C(=O)N(CC(=O)O)CC(F)(F)F)s1. The third kappa shape index (κ3) is 5.81. The molecule has 10 heteroatoms. The summed E-state index contributed by atoms with van der Waals surface area (Å²) in [5.41, 5.74) is 0. The third-order valence-corrected chi connectivity index (χ3v) is 3.09. The first-order valence-electron chi connectivity index (χ1n) is 5.54. The monoisotopic (exact) mass is 324 g/mol. The van der Waals surface area contributed by atoms with Gasteiger partial charge in [-0.1, -0.05) is 0 Å². The lowest BCUT2D eigenvalue weighted by molar-refractivity contribution is -0.149. The largest absolute Gasteiger partial charge is 0.480 e. The third-order valence-electron chi connectivity index (χ3n) is 2.10. The van der Waals surface area contributed by atoms with Crippen molar-refractivity contribution < 1.29 is 32.7 Å². The van der Waals surface area contributed by atoms with E-state index in [0.29, 0.717) is 0 Å². The molecular formula is C11H11F3N2O4S. The zero-order valence-electron chi connectivity index (χ0n) is 10.7. The molecule has 2 N–H and O–H groups in total. The summed E-state index contributed by atoms with van der Waals surface area (Å²) in [6, 6.07) is 2.58. The van der Waals surface area contributed by atoms with E-state index < -0.39 is 37.0 Å². The minimum Gasteiger partial charge on any atom is -0.480 e.